The number of anilines is 1. The first kappa shape index (κ1) is 17.4. The third kappa shape index (κ3) is 4.51. The molecule has 23 heavy (non-hydrogen) atoms. The zero-order valence-corrected chi connectivity index (χ0v) is 13.9. The largest absolute Gasteiger partial charge is 0.366 e. The molecule has 122 valence electrons. The third-order valence-electron chi connectivity index (χ3n) is 3.19. The van der Waals surface area contributed by atoms with Crippen LogP contribution in [0.2, 0.25) is 5.02 Å². The zero-order chi connectivity index (χ0) is 17.0. The first-order chi connectivity index (χ1) is 10.9. The van der Waals surface area contributed by atoms with Gasteiger partial charge in [0.15, 0.2) is 6.54 Å². The van der Waals surface area contributed by atoms with Crippen molar-refractivity contribution in [3.8, 4) is 0 Å². The second-order valence-electron chi connectivity index (χ2n) is 5.09. The third-order valence-corrected chi connectivity index (χ3v) is 4.37. The van der Waals surface area contributed by atoms with Crippen LogP contribution in [0.25, 0.3) is 0 Å². The maximum atomic E-state index is 13.7. The first-order valence-electron chi connectivity index (χ1n) is 6.79. The molecule has 1 heterocycles. The van der Waals surface area contributed by atoms with Gasteiger partial charge in [0.25, 0.3) is 11.8 Å². The highest BCUT2D eigenvalue weighted by Crippen LogP contribution is 2.22. The Labute approximate surface area is 141 Å². The van der Waals surface area contributed by atoms with Gasteiger partial charge in [-0.15, -0.1) is 11.3 Å². The molecule has 0 saturated carbocycles. The van der Waals surface area contributed by atoms with Gasteiger partial charge in [0.2, 0.25) is 0 Å². The van der Waals surface area contributed by atoms with Crippen LogP contribution in [-0.4, -0.2) is 25.4 Å². The smallest absolute Gasteiger partial charge is 0.280 e. The summed E-state index contributed by atoms with van der Waals surface area (Å²) in [5.41, 5.74) is 5.87. The maximum absolute atomic E-state index is 13.7. The molecule has 0 spiro atoms. The molecule has 0 bridgehead atoms. The highest BCUT2D eigenvalue weighted by atomic mass is 35.5. The molecule has 2 amide bonds. The second-order valence-corrected chi connectivity index (χ2v) is 6.41. The van der Waals surface area contributed by atoms with E-state index < -0.39 is 11.7 Å². The number of carbonyl (C=O) groups is 2. The van der Waals surface area contributed by atoms with E-state index in [9.17, 15) is 14.0 Å². The van der Waals surface area contributed by atoms with E-state index in [2.05, 4.69) is 5.32 Å². The Morgan fingerprint density at radius 3 is 2.78 bits per heavy atom. The summed E-state index contributed by atoms with van der Waals surface area (Å²) in [6.07, 6.45) is 0. The molecule has 0 aliphatic carbocycles. The van der Waals surface area contributed by atoms with Crippen LogP contribution in [-0.2, 0) is 11.3 Å². The average molecular weight is 357 g/mol. The van der Waals surface area contributed by atoms with Crippen LogP contribution in [0.5, 0.6) is 0 Å². The van der Waals surface area contributed by atoms with Gasteiger partial charge in [-0.05, 0) is 23.6 Å². The number of nitrogens with two attached hydrogens (primary N) is 1. The van der Waals surface area contributed by atoms with Crippen molar-refractivity contribution in [1.29, 1.82) is 0 Å². The molecule has 4 N–H and O–H groups in total. The molecule has 0 radical (unpaired) electrons. The Morgan fingerprint density at radius 2 is 2.13 bits per heavy atom. The standard InChI is InChI=1S/C15H15ClFN3O2S/c1-20(7-10-11(16)3-2-4-12(10)17)8-13(21)19-15-9(14(18)22)5-6-23-15/h2-6H,7-8H2,1H3,(H2,18,22)(H,19,21)/p+1. The number of amides is 2. The molecule has 1 aromatic carbocycles. The van der Waals surface area contributed by atoms with E-state index in [1.807, 2.05) is 0 Å². The topological polar surface area (TPSA) is 76.6 Å². The van der Waals surface area contributed by atoms with Crippen LogP contribution in [0, 0.1) is 5.82 Å². The summed E-state index contributed by atoms with van der Waals surface area (Å²) in [4.78, 5) is 24.0. The molecule has 0 fully saturated rings. The lowest BCUT2D eigenvalue weighted by Gasteiger charge is -2.15. The van der Waals surface area contributed by atoms with Gasteiger partial charge in [-0.25, -0.2) is 4.39 Å². The number of primary amides is 1. The minimum absolute atomic E-state index is 0.0980. The highest BCUT2D eigenvalue weighted by Gasteiger charge is 2.17. The van der Waals surface area contributed by atoms with Crippen LogP contribution < -0.4 is 16.0 Å². The molecule has 2 aromatic rings. The summed E-state index contributed by atoms with van der Waals surface area (Å²) in [7, 11) is 1.76. The summed E-state index contributed by atoms with van der Waals surface area (Å²) in [5, 5.41) is 5.07. The number of nitrogens with one attached hydrogen (secondary N) is 2. The number of hydrogen-bond donors (Lipinski definition) is 3. The maximum Gasteiger partial charge on any atom is 0.280 e. The number of quaternary nitrogens is 1. The summed E-state index contributed by atoms with van der Waals surface area (Å²) >= 11 is 7.20. The van der Waals surface area contributed by atoms with Crippen molar-refractivity contribution >= 4 is 39.8 Å². The Morgan fingerprint density at radius 1 is 1.39 bits per heavy atom. The molecule has 0 aliphatic rings. The second kappa shape index (κ2) is 7.54. The number of rotatable bonds is 6. The van der Waals surface area contributed by atoms with Gasteiger partial charge >= 0.3 is 0 Å². The molecule has 1 aromatic heterocycles. The van der Waals surface area contributed by atoms with E-state index >= 15 is 0 Å². The summed E-state index contributed by atoms with van der Waals surface area (Å²) < 4.78 is 13.7. The molecular weight excluding hydrogens is 341 g/mol. The van der Waals surface area contributed by atoms with Gasteiger partial charge in [0.05, 0.1) is 23.2 Å². The van der Waals surface area contributed by atoms with E-state index in [1.54, 1.807) is 24.6 Å². The summed E-state index contributed by atoms with van der Waals surface area (Å²) in [6, 6.07) is 6.03. The monoisotopic (exact) mass is 356 g/mol. The van der Waals surface area contributed by atoms with Gasteiger partial charge in [-0.2, -0.15) is 0 Å². The lowest BCUT2D eigenvalue weighted by molar-refractivity contribution is -0.885. The van der Waals surface area contributed by atoms with Gasteiger partial charge < -0.3 is 16.0 Å². The van der Waals surface area contributed by atoms with Crippen molar-refractivity contribution in [1.82, 2.24) is 0 Å². The van der Waals surface area contributed by atoms with Gasteiger partial charge in [0.1, 0.15) is 17.4 Å². The Balaban J connectivity index is 1.97. The molecular formula is C15H16ClFN3O2S+. The fourth-order valence-corrected chi connectivity index (χ4v) is 3.15. The molecule has 0 aliphatic heterocycles. The number of carbonyl (C=O) groups excluding carboxylic acids is 2. The highest BCUT2D eigenvalue weighted by molar-refractivity contribution is 7.14. The predicted octanol–water partition coefficient (Wildman–Crippen LogP) is 1.29. The molecule has 8 heteroatoms. The van der Waals surface area contributed by atoms with Crippen molar-refractivity contribution in [3.63, 3.8) is 0 Å². The SMILES string of the molecule is C[NH+](CC(=O)Nc1sccc1C(N)=O)Cc1c(F)cccc1Cl. The van der Waals surface area contributed by atoms with Crippen LogP contribution >= 0.6 is 22.9 Å². The van der Waals surface area contributed by atoms with Crippen molar-refractivity contribution in [2.24, 2.45) is 5.73 Å². The van der Waals surface area contributed by atoms with Gasteiger partial charge in [-0.1, -0.05) is 17.7 Å². The molecule has 1 unspecified atom stereocenters. The molecule has 5 nitrogen and oxygen atoms in total. The summed E-state index contributed by atoms with van der Waals surface area (Å²) in [5.74, 6) is -1.29. The normalized spacial score (nSPS) is 12.0. The van der Waals surface area contributed by atoms with Crippen molar-refractivity contribution < 1.29 is 18.9 Å². The fraction of sp³-hybridized carbons (Fsp3) is 0.200. The molecule has 2 rings (SSSR count). The molecule has 1 atom stereocenters. The number of hydrogen-bond acceptors (Lipinski definition) is 3. The van der Waals surface area contributed by atoms with Crippen LogP contribution in [0.4, 0.5) is 9.39 Å². The number of benzene rings is 1. The number of halogens is 2. The van der Waals surface area contributed by atoms with E-state index in [4.69, 9.17) is 17.3 Å². The van der Waals surface area contributed by atoms with E-state index in [-0.39, 0.29) is 24.6 Å². The first-order valence-corrected chi connectivity index (χ1v) is 8.05. The van der Waals surface area contributed by atoms with Gasteiger partial charge in [-0.3, -0.25) is 9.59 Å². The van der Waals surface area contributed by atoms with Crippen LogP contribution in [0.15, 0.2) is 29.6 Å². The van der Waals surface area contributed by atoms with Crippen LogP contribution in [0.3, 0.4) is 0 Å². The number of thiophene rings is 1. The molecule has 0 saturated heterocycles. The summed E-state index contributed by atoms with van der Waals surface area (Å²) in [6.45, 7) is 0.368. The minimum atomic E-state index is -0.597. The van der Waals surface area contributed by atoms with Gasteiger partial charge in [0, 0.05) is 0 Å². The Bertz CT molecular complexity index is 715. The Kier molecular flexibility index (Phi) is 5.70. The van der Waals surface area contributed by atoms with E-state index in [0.29, 0.717) is 15.6 Å². The van der Waals surface area contributed by atoms with Crippen molar-refractivity contribution in [2.75, 3.05) is 18.9 Å². The lowest BCUT2D eigenvalue weighted by atomic mass is 10.2. The van der Waals surface area contributed by atoms with Crippen molar-refractivity contribution in [3.05, 3.63) is 51.6 Å². The van der Waals surface area contributed by atoms with Crippen LogP contribution in [0.1, 0.15) is 15.9 Å². The predicted molar refractivity (Wildman–Crippen MR) is 88.3 cm³/mol. The Hall–Kier alpha value is -1.96. The average Bonchev–Trinajstić information content (AvgIpc) is 2.91. The zero-order valence-electron chi connectivity index (χ0n) is 12.4. The fourth-order valence-electron chi connectivity index (χ4n) is 2.11. The van der Waals surface area contributed by atoms with E-state index in [1.165, 1.54) is 23.5 Å². The van der Waals surface area contributed by atoms with Crippen molar-refractivity contribution in [2.45, 2.75) is 6.54 Å². The minimum Gasteiger partial charge on any atom is -0.366 e. The quantitative estimate of drug-likeness (QED) is 0.729. The lowest BCUT2D eigenvalue weighted by Crippen LogP contribution is -3.08. The number of likely N-dealkylation sites (N-methyl/N-ethyl adjacent to an activating group) is 1. The van der Waals surface area contributed by atoms with E-state index in [0.717, 1.165) is 4.90 Å².